The lowest BCUT2D eigenvalue weighted by Gasteiger charge is -2.37. The second-order valence-electron chi connectivity index (χ2n) is 9.03. The summed E-state index contributed by atoms with van der Waals surface area (Å²) in [5, 5.41) is 6.51. The zero-order valence-corrected chi connectivity index (χ0v) is 19.3. The number of likely N-dealkylation sites (tertiary alicyclic amines) is 1. The molecule has 174 valence electrons. The van der Waals surface area contributed by atoms with Crippen LogP contribution >= 0.6 is 0 Å². The molecule has 0 bridgehead atoms. The summed E-state index contributed by atoms with van der Waals surface area (Å²) in [4.78, 5) is 15.7. The number of rotatable bonds is 5. The van der Waals surface area contributed by atoms with Gasteiger partial charge in [0.15, 0.2) is 5.79 Å². The number of benzene rings is 2. The zero-order valence-electron chi connectivity index (χ0n) is 19.3. The number of carbonyl (C=O) groups excluding carboxylic acids is 1. The fourth-order valence-corrected chi connectivity index (χ4v) is 4.87. The number of hydrazone groups is 1. The number of hydrogen-bond acceptors (Lipinski definition) is 6. The third-order valence-corrected chi connectivity index (χ3v) is 6.82. The molecule has 0 saturated carbocycles. The highest BCUT2D eigenvalue weighted by atomic mass is 16.7. The third-order valence-electron chi connectivity index (χ3n) is 6.82. The smallest absolute Gasteiger partial charge is 0.257 e. The molecule has 5 rings (SSSR count). The van der Waals surface area contributed by atoms with Gasteiger partial charge in [-0.05, 0) is 24.6 Å². The minimum Gasteiger partial charge on any atom is -0.497 e. The number of methoxy groups -OCH3 is 1. The van der Waals surface area contributed by atoms with E-state index in [4.69, 9.17) is 19.3 Å². The zero-order chi connectivity index (χ0) is 22.8. The first-order valence-corrected chi connectivity index (χ1v) is 11.7. The van der Waals surface area contributed by atoms with E-state index >= 15 is 0 Å². The number of piperidine rings is 1. The van der Waals surface area contributed by atoms with E-state index in [0.717, 1.165) is 48.5 Å². The van der Waals surface area contributed by atoms with Crippen molar-refractivity contribution in [3.63, 3.8) is 0 Å². The van der Waals surface area contributed by atoms with Crippen LogP contribution in [0.5, 0.6) is 5.75 Å². The number of hydrogen-bond donors (Lipinski definition) is 0. The number of carbonyl (C=O) groups is 1. The van der Waals surface area contributed by atoms with Crippen LogP contribution in [0.1, 0.15) is 42.0 Å². The molecule has 2 aromatic carbocycles. The molecule has 0 radical (unpaired) electrons. The van der Waals surface area contributed by atoms with Gasteiger partial charge in [0.2, 0.25) is 0 Å². The highest BCUT2D eigenvalue weighted by molar-refractivity contribution is 6.03. The first kappa shape index (κ1) is 22.1. The summed E-state index contributed by atoms with van der Waals surface area (Å²) in [7, 11) is 1.66. The summed E-state index contributed by atoms with van der Waals surface area (Å²) >= 11 is 0. The monoisotopic (exact) mass is 449 g/mol. The van der Waals surface area contributed by atoms with E-state index in [1.54, 1.807) is 12.1 Å². The Morgan fingerprint density at radius 3 is 2.55 bits per heavy atom. The summed E-state index contributed by atoms with van der Waals surface area (Å²) in [6.45, 7) is 5.29. The van der Waals surface area contributed by atoms with Crippen LogP contribution in [0.3, 0.4) is 0 Å². The van der Waals surface area contributed by atoms with E-state index in [1.165, 1.54) is 5.56 Å². The molecule has 0 aliphatic carbocycles. The van der Waals surface area contributed by atoms with Gasteiger partial charge < -0.3 is 14.2 Å². The molecule has 1 amide bonds. The van der Waals surface area contributed by atoms with Gasteiger partial charge in [0, 0.05) is 37.9 Å². The van der Waals surface area contributed by atoms with E-state index in [9.17, 15) is 4.79 Å². The van der Waals surface area contributed by atoms with Crippen LogP contribution in [0.4, 0.5) is 0 Å². The minimum atomic E-state index is -0.435. The molecule has 0 aromatic heterocycles. The quantitative estimate of drug-likeness (QED) is 0.699. The van der Waals surface area contributed by atoms with E-state index < -0.39 is 5.79 Å². The molecule has 3 heterocycles. The van der Waals surface area contributed by atoms with Crippen molar-refractivity contribution in [3.8, 4) is 5.75 Å². The lowest BCUT2D eigenvalue weighted by Crippen LogP contribution is -2.48. The Morgan fingerprint density at radius 2 is 1.85 bits per heavy atom. The second-order valence-corrected chi connectivity index (χ2v) is 9.03. The van der Waals surface area contributed by atoms with Crippen molar-refractivity contribution in [2.24, 2.45) is 5.10 Å². The van der Waals surface area contributed by atoms with Gasteiger partial charge in [0.05, 0.1) is 38.6 Å². The molecule has 7 nitrogen and oxygen atoms in total. The number of ether oxygens (including phenoxy) is 3. The minimum absolute atomic E-state index is 0.0164. The molecule has 3 aliphatic heterocycles. The highest BCUT2D eigenvalue weighted by Gasteiger charge is 2.41. The fraction of sp³-hybridized carbons (Fsp3) is 0.462. The predicted octanol–water partition coefficient (Wildman–Crippen LogP) is 3.52. The topological polar surface area (TPSA) is 63.6 Å². The predicted molar refractivity (Wildman–Crippen MR) is 125 cm³/mol. The van der Waals surface area contributed by atoms with Gasteiger partial charge >= 0.3 is 0 Å². The van der Waals surface area contributed by atoms with Crippen LogP contribution in [0, 0.1) is 6.92 Å². The molecular weight excluding hydrogens is 418 g/mol. The highest BCUT2D eigenvalue weighted by Crippen LogP contribution is 2.35. The van der Waals surface area contributed by atoms with E-state index in [-0.39, 0.29) is 11.9 Å². The Balaban J connectivity index is 1.34. The van der Waals surface area contributed by atoms with Crippen molar-refractivity contribution in [1.29, 1.82) is 0 Å². The molecule has 0 N–H and O–H groups in total. The molecule has 7 heteroatoms. The van der Waals surface area contributed by atoms with Crippen LogP contribution in [0.25, 0.3) is 0 Å². The van der Waals surface area contributed by atoms with Gasteiger partial charge in [0.25, 0.3) is 5.91 Å². The lowest BCUT2D eigenvalue weighted by molar-refractivity contribution is -0.186. The van der Waals surface area contributed by atoms with Crippen molar-refractivity contribution in [1.82, 2.24) is 9.91 Å². The molecular formula is C26H31N3O4. The van der Waals surface area contributed by atoms with Gasteiger partial charge in [-0.25, -0.2) is 5.01 Å². The average Bonchev–Trinajstić information content (AvgIpc) is 3.49. The molecule has 33 heavy (non-hydrogen) atoms. The van der Waals surface area contributed by atoms with Crippen LogP contribution in [0.15, 0.2) is 53.6 Å². The van der Waals surface area contributed by atoms with Gasteiger partial charge in [0.1, 0.15) is 5.75 Å². The molecule has 1 atom stereocenters. The van der Waals surface area contributed by atoms with Crippen molar-refractivity contribution in [3.05, 3.63) is 65.2 Å². The SMILES string of the molecule is COc1cccc(C2=NN(C(=O)CN3CCC4(CC3)OCCO4)C(c3ccc(C)cc3)C2)c1. The molecule has 2 aromatic rings. The van der Waals surface area contributed by atoms with Crippen LogP contribution in [0.2, 0.25) is 0 Å². The Kier molecular flexibility index (Phi) is 6.19. The first-order valence-electron chi connectivity index (χ1n) is 11.7. The summed E-state index contributed by atoms with van der Waals surface area (Å²) in [5.74, 6) is 0.364. The molecule has 3 aliphatic rings. The second kappa shape index (κ2) is 9.25. The molecule has 1 spiro atoms. The Morgan fingerprint density at radius 1 is 1.12 bits per heavy atom. The Hall–Kier alpha value is -2.74. The maximum atomic E-state index is 13.5. The van der Waals surface area contributed by atoms with Crippen molar-refractivity contribution >= 4 is 11.6 Å². The molecule has 1 unspecified atom stereocenters. The Labute approximate surface area is 194 Å². The lowest BCUT2D eigenvalue weighted by atomic mass is 9.97. The number of aryl methyl sites for hydroxylation is 1. The van der Waals surface area contributed by atoms with Gasteiger partial charge in [-0.15, -0.1) is 0 Å². The fourth-order valence-electron chi connectivity index (χ4n) is 4.87. The third kappa shape index (κ3) is 4.67. The molecule has 2 saturated heterocycles. The van der Waals surface area contributed by atoms with Gasteiger partial charge in [-0.3, -0.25) is 9.69 Å². The normalized spacial score (nSPS) is 22.5. The maximum absolute atomic E-state index is 13.5. The van der Waals surface area contributed by atoms with Gasteiger partial charge in [-0.2, -0.15) is 5.10 Å². The summed E-state index contributed by atoms with van der Waals surface area (Å²) < 4.78 is 17.0. The standard InChI is InChI=1S/C26H31N3O4/c1-19-6-8-20(9-7-19)24-17-23(21-4-3-5-22(16-21)31-2)27-29(24)25(30)18-28-12-10-26(11-13-28)32-14-15-33-26/h3-9,16,24H,10-15,17-18H2,1-2H3. The van der Waals surface area contributed by atoms with Crippen LogP contribution in [-0.2, 0) is 14.3 Å². The van der Waals surface area contributed by atoms with E-state index in [0.29, 0.717) is 26.2 Å². The van der Waals surface area contributed by atoms with Gasteiger partial charge in [-0.1, -0.05) is 42.0 Å². The number of nitrogens with zero attached hydrogens (tertiary/aromatic N) is 3. The largest absolute Gasteiger partial charge is 0.497 e. The van der Waals surface area contributed by atoms with Crippen molar-refractivity contribution in [2.75, 3.05) is 40.0 Å². The molecule has 2 fully saturated rings. The first-order chi connectivity index (χ1) is 16.0. The maximum Gasteiger partial charge on any atom is 0.257 e. The van der Waals surface area contributed by atoms with E-state index in [1.807, 2.05) is 24.3 Å². The Bertz CT molecular complexity index is 1020. The van der Waals surface area contributed by atoms with Crippen molar-refractivity contribution < 1.29 is 19.0 Å². The van der Waals surface area contributed by atoms with Crippen LogP contribution < -0.4 is 4.74 Å². The van der Waals surface area contributed by atoms with E-state index in [2.05, 4.69) is 36.1 Å². The van der Waals surface area contributed by atoms with Crippen LogP contribution in [-0.4, -0.2) is 67.3 Å². The summed E-state index contributed by atoms with van der Waals surface area (Å²) in [6.07, 6.45) is 2.26. The summed E-state index contributed by atoms with van der Waals surface area (Å²) in [5.41, 5.74) is 4.18. The number of amides is 1. The summed E-state index contributed by atoms with van der Waals surface area (Å²) in [6, 6.07) is 16.1. The van der Waals surface area contributed by atoms with Crippen molar-refractivity contribution in [2.45, 2.75) is 38.0 Å². The average molecular weight is 450 g/mol.